The number of nitrogens with zero attached hydrogens (tertiary/aromatic N) is 1. The molecule has 1 saturated heterocycles. The van der Waals surface area contributed by atoms with E-state index in [2.05, 4.69) is 5.32 Å². The molecule has 0 aliphatic carbocycles. The minimum Gasteiger partial charge on any atom is -0.374 e. The molecule has 3 rings (SSSR count). The second kappa shape index (κ2) is 6.68. The molecule has 112 valence electrons. The zero-order chi connectivity index (χ0) is 15.4. The molecule has 1 aliphatic heterocycles. The Morgan fingerprint density at radius 3 is 2.36 bits per heavy atom. The van der Waals surface area contributed by atoms with Gasteiger partial charge in [0.2, 0.25) is 0 Å². The van der Waals surface area contributed by atoms with Crippen LogP contribution >= 0.6 is 12.2 Å². The Kier molecular flexibility index (Phi) is 4.46. The fraction of sp³-hybridized carbons (Fsp3) is 0.176. The van der Waals surface area contributed by atoms with Crippen molar-refractivity contribution in [3.05, 3.63) is 66.2 Å². The molecule has 1 aliphatic rings. The maximum atomic E-state index is 12.5. The lowest BCUT2D eigenvalue weighted by Crippen LogP contribution is -2.34. The van der Waals surface area contributed by atoms with Gasteiger partial charge in [-0.25, -0.2) is 0 Å². The second-order valence-corrected chi connectivity index (χ2v) is 5.40. The molecule has 1 atom stereocenters. The highest BCUT2D eigenvalue weighted by atomic mass is 32.1. The van der Waals surface area contributed by atoms with Crippen LogP contribution in [0.25, 0.3) is 0 Å². The smallest absolute Gasteiger partial charge is 0.258 e. The summed E-state index contributed by atoms with van der Waals surface area (Å²) in [4.78, 5) is 14.0. The quantitative estimate of drug-likeness (QED) is 0.861. The number of carbonyl (C=O) groups is 1. The van der Waals surface area contributed by atoms with E-state index in [0.717, 1.165) is 11.3 Å². The molecule has 5 heteroatoms. The molecule has 0 spiro atoms. The van der Waals surface area contributed by atoms with E-state index in [1.807, 2.05) is 60.7 Å². The number of benzene rings is 2. The Morgan fingerprint density at radius 2 is 1.68 bits per heavy atom. The van der Waals surface area contributed by atoms with Crippen molar-refractivity contribution < 1.29 is 9.53 Å². The van der Waals surface area contributed by atoms with E-state index < -0.39 is 6.04 Å². The van der Waals surface area contributed by atoms with Crippen LogP contribution in [0.5, 0.6) is 0 Å². The van der Waals surface area contributed by atoms with Gasteiger partial charge in [-0.1, -0.05) is 48.5 Å². The molecule has 2 aromatic carbocycles. The molecule has 4 nitrogen and oxygen atoms in total. The normalized spacial score (nSPS) is 17.6. The number of hydrogen-bond donors (Lipinski definition) is 1. The van der Waals surface area contributed by atoms with Crippen LogP contribution in [-0.2, 0) is 16.1 Å². The van der Waals surface area contributed by atoms with Gasteiger partial charge in [-0.15, -0.1) is 0 Å². The Balaban J connectivity index is 1.60. The molecule has 22 heavy (non-hydrogen) atoms. The summed E-state index contributed by atoms with van der Waals surface area (Å²) in [7, 11) is 0. The van der Waals surface area contributed by atoms with Crippen LogP contribution in [0.2, 0.25) is 0 Å². The molecule has 1 heterocycles. The maximum absolute atomic E-state index is 12.5. The molecule has 2 aromatic rings. The monoisotopic (exact) mass is 312 g/mol. The Bertz CT molecular complexity index is 661. The van der Waals surface area contributed by atoms with Crippen molar-refractivity contribution >= 4 is 28.9 Å². The summed E-state index contributed by atoms with van der Waals surface area (Å²) in [5, 5.41) is 3.44. The summed E-state index contributed by atoms with van der Waals surface area (Å²) in [5.41, 5.74) is 1.85. The molecular formula is C17H16N2O2S. The minimum absolute atomic E-state index is 0.0794. The lowest BCUT2D eigenvalue weighted by atomic mass is 10.2. The summed E-state index contributed by atoms with van der Waals surface area (Å²) in [6.45, 7) is 0.765. The molecule has 0 radical (unpaired) electrons. The van der Waals surface area contributed by atoms with Crippen molar-refractivity contribution in [2.24, 2.45) is 0 Å². The number of thiocarbonyl (C=S) groups is 1. The first-order chi connectivity index (χ1) is 10.8. The highest BCUT2D eigenvalue weighted by Gasteiger charge is 2.36. The summed E-state index contributed by atoms with van der Waals surface area (Å²) in [6.07, 6.45) is 0. The fourth-order valence-corrected chi connectivity index (χ4v) is 2.67. The first-order valence-corrected chi connectivity index (χ1v) is 7.48. The topological polar surface area (TPSA) is 41.6 Å². The van der Waals surface area contributed by atoms with E-state index in [1.54, 1.807) is 0 Å². The number of nitrogens with one attached hydrogen (secondary N) is 1. The molecule has 1 N–H and O–H groups in total. The maximum Gasteiger partial charge on any atom is 0.258 e. The Hall–Kier alpha value is -2.24. The lowest BCUT2D eigenvalue weighted by molar-refractivity contribution is -0.119. The van der Waals surface area contributed by atoms with E-state index in [4.69, 9.17) is 17.0 Å². The summed E-state index contributed by atoms with van der Waals surface area (Å²) < 4.78 is 5.64. The van der Waals surface area contributed by atoms with Gasteiger partial charge in [0, 0.05) is 0 Å². The first kappa shape index (κ1) is 14.7. The number of carbonyl (C=O) groups excluding carboxylic acids is 1. The number of para-hydroxylation sites is 1. The standard InChI is InChI=1S/C17H16N2O2S/c20-16-15(12-21-11-13-7-3-1-4-8-13)18-17(22)19(16)14-9-5-2-6-10-14/h1-10,15H,11-12H2,(H,18,22). The predicted octanol–water partition coefficient (Wildman–Crippen LogP) is 2.49. The molecule has 1 amide bonds. The van der Waals surface area contributed by atoms with Gasteiger partial charge in [-0.05, 0) is 29.9 Å². The van der Waals surface area contributed by atoms with E-state index in [1.165, 1.54) is 4.90 Å². The summed E-state index contributed by atoms with van der Waals surface area (Å²) in [6, 6.07) is 18.8. The van der Waals surface area contributed by atoms with Crippen molar-refractivity contribution in [2.75, 3.05) is 11.5 Å². The van der Waals surface area contributed by atoms with Gasteiger partial charge in [0.15, 0.2) is 5.11 Å². The van der Waals surface area contributed by atoms with Gasteiger partial charge in [-0.2, -0.15) is 0 Å². The minimum atomic E-state index is -0.434. The third-order valence-electron chi connectivity index (χ3n) is 3.43. The Labute approximate surface area is 134 Å². The second-order valence-electron chi connectivity index (χ2n) is 5.01. The predicted molar refractivity (Wildman–Crippen MR) is 89.5 cm³/mol. The van der Waals surface area contributed by atoms with Gasteiger partial charge in [0.25, 0.3) is 5.91 Å². The van der Waals surface area contributed by atoms with E-state index in [0.29, 0.717) is 11.7 Å². The highest BCUT2D eigenvalue weighted by molar-refractivity contribution is 7.80. The number of ether oxygens (including phenoxy) is 1. The molecule has 0 bridgehead atoms. The third-order valence-corrected chi connectivity index (χ3v) is 3.73. The van der Waals surface area contributed by atoms with E-state index >= 15 is 0 Å². The first-order valence-electron chi connectivity index (χ1n) is 7.07. The van der Waals surface area contributed by atoms with Crippen LogP contribution in [0.4, 0.5) is 5.69 Å². The van der Waals surface area contributed by atoms with Crippen LogP contribution in [-0.4, -0.2) is 23.7 Å². The number of anilines is 1. The fourth-order valence-electron chi connectivity index (χ4n) is 2.33. The average Bonchev–Trinajstić information content (AvgIpc) is 2.83. The Morgan fingerprint density at radius 1 is 1.05 bits per heavy atom. The van der Waals surface area contributed by atoms with Gasteiger partial charge >= 0.3 is 0 Å². The lowest BCUT2D eigenvalue weighted by Gasteiger charge is -2.14. The average molecular weight is 312 g/mol. The van der Waals surface area contributed by atoms with Crippen molar-refractivity contribution in [2.45, 2.75) is 12.6 Å². The van der Waals surface area contributed by atoms with Gasteiger partial charge < -0.3 is 10.1 Å². The zero-order valence-corrected chi connectivity index (χ0v) is 12.8. The third kappa shape index (κ3) is 3.16. The van der Waals surface area contributed by atoms with E-state index in [-0.39, 0.29) is 12.5 Å². The number of amides is 1. The highest BCUT2D eigenvalue weighted by Crippen LogP contribution is 2.19. The molecular weight excluding hydrogens is 296 g/mol. The van der Waals surface area contributed by atoms with Crippen molar-refractivity contribution in [3.8, 4) is 0 Å². The molecule has 0 saturated carbocycles. The number of hydrogen-bond acceptors (Lipinski definition) is 3. The van der Waals surface area contributed by atoms with Gasteiger partial charge in [0.1, 0.15) is 6.04 Å². The van der Waals surface area contributed by atoms with Crippen molar-refractivity contribution in [1.82, 2.24) is 5.32 Å². The molecule has 1 unspecified atom stereocenters. The number of rotatable bonds is 5. The van der Waals surface area contributed by atoms with Gasteiger partial charge in [0.05, 0.1) is 18.9 Å². The van der Waals surface area contributed by atoms with Gasteiger partial charge in [-0.3, -0.25) is 9.69 Å². The van der Waals surface area contributed by atoms with Crippen LogP contribution in [0.3, 0.4) is 0 Å². The SMILES string of the molecule is O=C1C(COCc2ccccc2)NC(=S)N1c1ccccc1. The molecule has 0 aromatic heterocycles. The molecule has 1 fully saturated rings. The van der Waals surface area contributed by atoms with Crippen LogP contribution in [0.1, 0.15) is 5.56 Å². The van der Waals surface area contributed by atoms with Crippen molar-refractivity contribution in [3.63, 3.8) is 0 Å². The summed E-state index contributed by atoms with van der Waals surface area (Å²) in [5.74, 6) is -0.0794. The van der Waals surface area contributed by atoms with E-state index in [9.17, 15) is 4.79 Å². The zero-order valence-electron chi connectivity index (χ0n) is 11.9. The summed E-state index contributed by atoms with van der Waals surface area (Å²) >= 11 is 5.26. The van der Waals surface area contributed by atoms with Crippen molar-refractivity contribution in [1.29, 1.82) is 0 Å². The van der Waals surface area contributed by atoms with Crippen LogP contribution in [0, 0.1) is 0 Å². The largest absolute Gasteiger partial charge is 0.374 e. The van der Waals surface area contributed by atoms with Crippen LogP contribution < -0.4 is 10.2 Å². The van der Waals surface area contributed by atoms with Crippen LogP contribution in [0.15, 0.2) is 60.7 Å².